The summed E-state index contributed by atoms with van der Waals surface area (Å²) in [5.41, 5.74) is 2.65. The van der Waals surface area contributed by atoms with Gasteiger partial charge in [0, 0.05) is 36.2 Å². The van der Waals surface area contributed by atoms with E-state index in [4.69, 9.17) is 0 Å². The number of rotatable bonds is 5. The van der Waals surface area contributed by atoms with Crippen molar-refractivity contribution in [2.24, 2.45) is 0 Å². The molecule has 1 N–H and O–H groups in total. The number of fused-ring (bicyclic) bond motifs is 1. The highest BCUT2D eigenvalue weighted by molar-refractivity contribution is 7.09. The standard InChI is InChI=1S/C16H18N2S/c1-13-4-5-14-6-8-18(16(14)11-13)9-7-17-12-15-3-2-10-19-15/h2-6,8,10-11,17H,7,9,12H2,1H3. The molecule has 98 valence electrons. The molecule has 0 bridgehead atoms. The summed E-state index contributed by atoms with van der Waals surface area (Å²) >= 11 is 1.81. The van der Waals surface area contributed by atoms with E-state index in [-0.39, 0.29) is 0 Å². The van der Waals surface area contributed by atoms with E-state index in [9.17, 15) is 0 Å². The Morgan fingerprint density at radius 1 is 1.21 bits per heavy atom. The van der Waals surface area contributed by atoms with Crippen LogP contribution in [0.1, 0.15) is 10.4 Å². The van der Waals surface area contributed by atoms with Crippen molar-refractivity contribution < 1.29 is 0 Å². The van der Waals surface area contributed by atoms with Crippen LogP contribution in [0.15, 0.2) is 48.0 Å². The molecule has 0 fully saturated rings. The molecule has 2 nitrogen and oxygen atoms in total. The summed E-state index contributed by atoms with van der Waals surface area (Å²) in [6.07, 6.45) is 2.18. The van der Waals surface area contributed by atoms with Crippen molar-refractivity contribution in [1.29, 1.82) is 0 Å². The molecular formula is C16H18N2S. The first-order valence-corrected chi connectivity index (χ1v) is 7.49. The van der Waals surface area contributed by atoms with Crippen molar-refractivity contribution in [3.63, 3.8) is 0 Å². The second kappa shape index (κ2) is 5.59. The maximum atomic E-state index is 3.49. The predicted molar refractivity (Wildman–Crippen MR) is 82.7 cm³/mol. The van der Waals surface area contributed by atoms with Crippen LogP contribution in [0.25, 0.3) is 10.9 Å². The first kappa shape index (κ1) is 12.5. The molecule has 0 spiro atoms. The van der Waals surface area contributed by atoms with Crippen molar-refractivity contribution in [3.05, 3.63) is 58.4 Å². The molecule has 0 aliphatic rings. The smallest absolute Gasteiger partial charge is 0.0483 e. The molecule has 3 heteroatoms. The van der Waals surface area contributed by atoms with Gasteiger partial charge in [0.25, 0.3) is 0 Å². The Hall–Kier alpha value is -1.58. The highest BCUT2D eigenvalue weighted by Gasteiger charge is 2.01. The fourth-order valence-corrected chi connectivity index (χ4v) is 2.99. The van der Waals surface area contributed by atoms with Gasteiger partial charge in [-0.1, -0.05) is 18.2 Å². The molecule has 19 heavy (non-hydrogen) atoms. The Balaban J connectivity index is 1.60. The van der Waals surface area contributed by atoms with E-state index < -0.39 is 0 Å². The van der Waals surface area contributed by atoms with Crippen LogP contribution in [0.5, 0.6) is 0 Å². The number of aromatic nitrogens is 1. The Kier molecular flexibility index (Phi) is 3.67. The number of thiophene rings is 1. The van der Waals surface area contributed by atoms with Gasteiger partial charge in [-0.05, 0) is 41.5 Å². The normalized spacial score (nSPS) is 11.2. The van der Waals surface area contributed by atoms with Crippen molar-refractivity contribution in [3.8, 4) is 0 Å². The highest BCUT2D eigenvalue weighted by Crippen LogP contribution is 2.17. The van der Waals surface area contributed by atoms with Crippen LogP contribution < -0.4 is 5.32 Å². The maximum Gasteiger partial charge on any atom is 0.0483 e. The quantitative estimate of drug-likeness (QED) is 0.698. The molecule has 0 radical (unpaired) electrons. The zero-order valence-corrected chi connectivity index (χ0v) is 11.9. The van der Waals surface area contributed by atoms with Gasteiger partial charge in [-0.3, -0.25) is 0 Å². The molecule has 0 unspecified atom stereocenters. The van der Waals surface area contributed by atoms with Crippen LogP contribution in [-0.2, 0) is 13.1 Å². The maximum absolute atomic E-state index is 3.49. The lowest BCUT2D eigenvalue weighted by atomic mass is 10.2. The first-order valence-electron chi connectivity index (χ1n) is 6.61. The summed E-state index contributed by atoms with van der Waals surface area (Å²) in [7, 11) is 0. The van der Waals surface area contributed by atoms with Gasteiger partial charge >= 0.3 is 0 Å². The second-order valence-electron chi connectivity index (χ2n) is 4.83. The highest BCUT2D eigenvalue weighted by atomic mass is 32.1. The summed E-state index contributed by atoms with van der Waals surface area (Å²) in [4.78, 5) is 1.40. The van der Waals surface area contributed by atoms with Gasteiger partial charge in [-0.2, -0.15) is 0 Å². The minimum Gasteiger partial charge on any atom is -0.346 e. The Morgan fingerprint density at radius 3 is 3.00 bits per heavy atom. The molecule has 1 aromatic carbocycles. The minimum atomic E-state index is 0.968. The van der Waals surface area contributed by atoms with Crippen LogP contribution >= 0.6 is 11.3 Å². The largest absolute Gasteiger partial charge is 0.346 e. The summed E-state index contributed by atoms with van der Waals surface area (Å²) in [5.74, 6) is 0. The van der Waals surface area contributed by atoms with Crippen LogP contribution in [0, 0.1) is 6.92 Å². The van der Waals surface area contributed by atoms with Gasteiger partial charge < -0.3 is 9.88 Å². The Bertz CT molecular complexity index is 653. The third-order valence-electron chi connectivity index (χ3n) is 3.34. The number of aryl methyl sites for hydroxylation is 1. The summed E-state index contributed by atoms with van der Waals surface area (Å²) in [5, 5.41) is 6.94. The second-order valence-corrected chi connectivity index (χ2v) is 5.86. The predicted octanol–water partition coefficient (Wildman–Crippen LogP) is 3.80. The van der Waals surface area contributed by atoms with Crippen LogP contribution in [0.2, 0.25) is 0 Å². The monoisotopic (exact) mass is 270 g/mol. The minimum absolute atomic E-state index is 0.968. The zero-order chi connectivity index (χ0) is 13.1. The van der Waals surface area contributed by atoms with E-state index in [1.54, 1.807) is 11.3 Å². The lowest BCUT2D eigenvalue weighted by molar-refractivity contribution is 0.613. The molecule has 0 saturated heterocycles. The molecule has 2 heterocycles. The van der Waals surface area contributed by atoms with Crippen molar-refractivity contribution >= 4 is 22.2 Å². The fourth-order valence-electron chi connectivity index (χ4n) is 2.31. The SMILES string of the molecule is Cc1ccc2ccn(CCNCc3cccs3)c2c1. The third-order valence-corrected chi connectivity index (χ3v) is 4.21. The molecule has 0 amide bonds. The van der Waals surface area contributed by atoms with Crippen molar-refractivity contribution in [2.45, 2.75) is 20.0 Å². The van der Waals surface area contributed by atoms with Crippen molar-refractivity contribution in [2.75, 3.05) is 6.54 Å². The molecule has 3 rings (SSSR count). The van der Waals surface area contributed by atoms with E-state index in [1.807, 2.05) is 0 Å². The Morgan fingerprint density at radius 2 is 2.16 bits per heavy atom. The van der Waals surface area contributed by atoms with E-state index >= 15 is 0 Å². The fraction of sp³-hybridized carbons (Fsp3) is 0.250. The molecule has 3 aromatic rings. The third kappa shape index (κ3) is 2.88. The summed E-state index contributed by atoms with van der Waals surface area (Å²) in [6, 6.07) is 13.1. The summed E-state index contributed by atoms with van der Waals surface area (Å²) < 4.78 is 2.32. The van der Waals surface area contributed by atoms with Gasteiger partial charge in [0.05, 0.1) is 0 Å². The Labute approximate surface area is 117 Å². The average Bonchev–Trinajstić information content (AvgIpc) is 3.04. The molecule has 2 aromatic heterocycles. The first-order chi connectivity index (χ1) is 9.33. The van der Waals surface area contributed by atoms with Gasteiger partial charge in [0.2, 0.25) is 0 Å². The molecular weight excluding hydrogens is 252 g/mol. The van der Waals surface area contributed by atoms with E-state index in [2.05, 4.69) is 64.8 Å². The van der Waals surface area contributed by atoms with E-state index in [0.717, 1.165) is 19.6 Å². The lowest BCUT2D eigenvalue weighted by Gasteiger charge is -2.07. The molecule has 0 saturated carbocycles. The number of hydrogen-bond acceptors (Lipinski definition) is 2. The molecule has 0 atom stereocenters. The van der Waals surface area contributed by atoms with Crippen LogP contribution in [-0.4, -0.2) is 11.1 Å². The van der Waals surface area contributed by atoms with Gasteiger partial charge in [-0.15, -0.1) is 11.3 Å². The van der Waals surface area contributed by atoms with Gasteiger partial charge in [0.1, 0.15) is 0 Å². The zero-order valence-electron chi connectivity index (χ0n) is 11.1. The van der Waals surface area contributed by atoms with Crippen molar-refractivity contribution in [1.82, 2.24) is 9.88 Å². The number of nitrogens with zero attached hydrogens (tertiary/aromatic N) is 1. The molecule has 0 aliphatic carbocycles. The summed E-state index contributed by atoms with van der Waals surface area (Å²) in [6.45, 7) is 5.12. The lowest BCUT2D eigenvalue weighted by Crippen LogP contribution is -2.18. The number of nitrogens with one attached hydrogen (secondary N) is 1. The average molecular weight is 270 g/mol. The van der Waals surface area contributed by atoms with Crippen LogP contribution in [0.3, 0.4) is 0 Å². The molecule has 0 aliphatic heterocycles. The van der Waals surface area contributed by atoms with Gasteiger partial charge in [-0.25, -0.2) is 0 Å². The van der Waals surface area contributed by atoms with Gasteiger partial charge in [0.15, 0.2) is 0 Å². The number of hydrogen-bond donors (Lipinski definition) is 1. The topological polar surface area (TPSA) is 17.0 Å². The van der Waals surface area contributed by atoms with E-state index in [1.165, 1.54) is 21.3 Å². The van der Waals surface area contributed by atoms with E-state index in [0.29, 0.717) is 0 Å². The number of benzene rings is 1. The van der Waals surface area contributed by atoms with Crippen LogP contribution in [0.4, 0.5) is 0 Å².